The second kappa shape index (κ2) is 10.1. The molecule has 5 nitrogen and oxygen atoms in total. The topological polar surface area (TPSA) is 22.2 Å². The number of allylic oxidation sites excluding steroid dienone is 2. The van der Waals surface area contributed by atoms with Crippen molar-refractivity contribution < 1.29 is 4.74 Å². The highest BCUT2D eigenvalue weighted by Gasteiger charge is 2.23. The van der Waals surface area contributed by atoms with Crippen molar-refractivity contribution >= 4 is 28.9 Å². The van der Waals surface area contributed by atoms with Gasteiger partial charge in [0.2, 0.25) is 0 Å². The molecule has 1 aromatic carbocycles. The molecule has 4 rings (SSSR count). The van der Waals surface area contributed by atoms with Gasteiger partial charge in [0.25, 0.3) is 0 Å². The summed E-state index contributed by atoms with van der Waals surface area (Å²) in [6.45, 7) is 7.39. The van der Waals surface area contributed by atoms with Crippen LogP contribution < -0.4 is 4.90 Å². The summed E-state index contributed by atoms with van der Waals surface area (Å²) >= 11 is 12.5. The minimum absolute atomic E-state index is 0.632. The lowest BCUT2D eigenvalue weighted by molar-refractivity contribution is 0.0887. The smallest absolute Gasteiger partial charge is 0.122 e. The molecule has 0 unspecified atom stereocenters. The van der Waals surface area contributed by atoms with Gasteiger partial charge in [0.1, 0.15) is 5.76 Å². The Morgan fingerprint density at radius 1 is 1.00 bits per heavy atom. The van der Waals surface area contributed by atoms with Gasteiger partial charge < -0.3 is 9.64 Å². The molecule has 0 atom stereocenters. The zero-order valence-corrected chi connectivity index (χ0v) is 19.1. The standard InChI is InChI=1S/C23H30Cl2N4O/c1-30-20-9-13-29-19(18-20)8-12-28(29)11-4-2-3-10-26-14-16-27(17-15-26)22-7-5-6-21(24)23(22)25/h5-9,13,18H,2-4,10-12,14-17H2,1H3. The summed E-state index contributed by atoms with van der Waals surface area (Å²) in [5, 5.41) is 5.93. The monoisotopic (exact) mass is 448 g/mol. The summed E-state index contributed by atoms with van der Waals surface area (Å²) in [5.74, 6) is 0.914. The third-order valence-corrected chi connectivity index (χ3v) is 6.83. The molecule has 1 saturated heterocycles. The van der Waals surface area contributed by atoms with E-state index < -0.39 is 0 Å². The van der Waals surface area contributed by atoms with Gasteiger partial charge in [-0.1, -0.05) is 35.7 Å². The zero-order chi connectivity index (χ0) is 20.9. The average molecular weight is 449 g/mol. The highest BCUT2D eigenvalue weighted by molar-refractivity contribution is 6.43. The van der Waals surface area contributed by atoms with Gasteiger partial charge in [0.15, 0.2) is 0 Å². The van der Waals surface area contributed by atoms with E-state index in [1.807, 2.05) is 18.2 Å². The van der Waals surface area contributed by atoms with Crippen LogP contribution in [0.25, 0.3) is 0 Å². The van der Waals surface area contributed by atoms with E-state index in [0.717, 1.165) is 50.7 Å². The van der Waals surface area contributed by atoms with Gasteiger partial charge in [-0.2, -0.15) is 0 Å². The second-order valence-corrected chi connectivity index (χ2v) is 8.70. The van der Waals surface area contributed by atoms with Crippen LogP contribution >= 0.6 is 23.2 Å². The maximum Gasteiger partial charge on any atom is 0.122 e. The van der Waals surface area contributed by atoms with Crippen molar-refractivity contribution in [1.82, 2.24) is 14.9 Å². The summed E-state index contributed by atoms with van der Waals surface area (Å²) in [4.78, 5) is 4.91. The molecular formula is C23H30Cl2N4O. The number of ether oxygens (including phenoxy) is 1. The normalized spacial score (nSPS) is 19.7. The van der Waals surface area contributed by atoms with Crippen molar-refractivity contribution in [2.75, 3.05) is 57.8 Å². The maximum atomic E-state index is 6.38. The van der Waals surface area contributed by atoms with E-state index in [1.165, 1.54) is 31.5 Å². The quantitative estimate of drug-likeness (QED) is 0.533. The van der Waals surface area contributed by atoms with Crippen molar-refractivity contribution in [2.24, 2.45) is 0 Å². The van der Waals surface area contributed by atoms with Crippen LogP contribution in [0.4, 0.5) is 5.69 Å². The third kappa shape index (κ3) is 4.97. The first-order valence-corrected chi connectivity index (χ1v) is 11.5. The highest BCUT2D eigenvalue weighted by Crippen LogP contribution is 2.33. The number of rotatable bonds is 8. The molecule has 1 aromatic rings. The molecule has 0 radical (unpaired) electrons. The molecule has 0 N–H and O–H groups in total. The van der Waals surface area contributed by atoms with Crippen molar-refractivity contribution in [2.45, 2.75) is 19.3 Å². The molecule has 0 amide bonds. The first kappa shape index (κ1) is 21.6. The van der Waals surface area contributed by atoms with Crippen LogP contribution in [0.15, 0.2) is 54.1 Å². The Hall–Kier alpha value is -1.66. The first-order chi connectivity index (χ1) is 14.7. The number of halogens is 2. The minimum atomic E-state index is 0.632. The van der Waals surface area contributed by atoms with E-state index in [4.69, 9.17) is 27.9 Å². The van der Waals surface area contributed by atoms with Crippen molar-refractivity contribution in [1.29, 1.82) is 0 Å². The Labute approximate surface area is 189 Å². The van der Waals surface area contributed by atoms with E-state index in [9.17, 15) is 0 Å². The highest BCUT2D eigenvalue weighted by atomic mass is 35.5. The molecule has 3 heterocycles. The van der Waals surface area contributed by atoms with Gasteiger partial charge in [-0.05, 0) is 43.7 Å². The Morgan fingerprint density at radius 3 is 2.60 bits per heavy atom. The minimum Gasteiger partial charge on any atom is -0.497 e. The Morgan fingerprint density at radius 2 is 1.80 bits per heavy atom. The van der Waals surface area contributed by atoms with E-state index in [2.05, 4.69) is 44.2 Å². The molecular weight excluding hydrogens is 419 g/mol. The van der Waals surface area contributed by atoms with Crippen LogP contribution in [0.3, 0.4) is 0 Å². The molecule has 7 heteroatoms. The van der Waals surface area contributed by atoms with Gasteiger partial charge in [0, 0.05) is 51.5 Å². The fourth-order valence-electron chi connectivity index (χ4n) is 4.27. The summed E-state index contributed by atoms with van der Waals surface area (Å²) in [6, 6.07) is 5.88. The number of hydrazine groups is 1. The number of benzene rings is 1. The number of unbranched alkanes of at least 4 members (excludes halogenated alkanes) is 2. The van der Waals surface area contributed by atoms with Crippen molar-refractivity contribution in [3.05, 3.63) is 64.1 Å². The molecule has 0 aliphatic carbocycles. The predicted octanol–water partition coefficient (Wildman–Crippen LogP) is 4.76. The van der Waals surface area contributed by atoms with Crippen LogP contribution in [0, 0.1) is 0 Å². The number of fused-ring (bicyclic) bond motifs is 1. The number of hydrogen-bond donors (Lipinski definition) is 0. The number of piperazine rings is 1. The van der Waals surface area contributed by atoms with Gasteiger partial charge in [0.05, 0.1) is 28.5 Å². The van der Waals surface area contributed by atoms with Gasteiger partial charge in [-0.3, -0.25) is 9.91 Å². The van der Waals surface area contributed by atoms with Gasteiger partial charge in [-0.15, -0.1) is 0 Å². The van der Waals surface area contributed by atoms with E-state index in [1.54, 1.807) is 7.11 Å². The summed E-state index contributed by atoms with van der Waals surface area (Å²) in [7, 11) is 1.71. The first-order valence-electron chi connectivity index (χ1n) is 10.7. The Kier molecular flexibility index (Phi) is 7.26. The lowest BCUT2D eigenvalue weighted by Gasteiger charge is -2.36. The fraction of sp³-hybridized carbons (Fsp3) is 0.478. The molecule has 3 aliphatic rings. The molecule has 0 bridgehead atoms. The largest absolute Gasteiger partial charge is 0.497 e. The summed E-state index contributed by atoms with van der Waals surface area (Å²) in [6.07, 6.45) is 12.2. The summed E-state index contributed by atoms with van der Waals surface area (Å²) in [5.41, 5.74) is 2.27. The molecule has 162 valence electrons. The number of anilines is 1. The van der Waals surface area contributed by atoms with Crippen LogP contribution in [0.1, 0.15) is 19.3 Å². The SMILES string of the molecule is COC1=CC2=CCN(CCCCCN3CCN(c4cccc(Cl)c4Cl)CC3)N2C=C1. The second-order valence-electron chi connectivity index (χ2n) is 7.92. The number of methoxy groups -OCH3 is 1. The number of nitrogens with zero attached hydrogens (tertiary/aromatic N) is 4. The average Bonchev–Trinajstić information content (AvgIpc) is 3.18. The van der Waals surface area contributed by atoms with Crippen LogP contribution in [0.5, 0.6) is 0 Å². The van der Waals surface area contributed by atoms with Crippen molar-refractivity contribution in [3.63, 3.8) is 0 Å². The van der Waals surface area contributed by atoms with Crippen LogP contribution in [0.2, 0.25) is 10.0 Å². The van der Waals surface area contributed by atoms with Crippen molar-refractivity contribution in [3.8, 4) is 0 Å². The third-order valence-electron chi connectivity index (χ3n) is 6.02. The zero-order valence-electron chi connectivity index (χ0n) is 17.6. The predicted molar refractivity (Wildman–Crippen MR) is 125 cm³/mol. The fourth-order valence-corrected chi connectivity index (χ4v) is 4.68. The molecule has 30 heavy (non-hydrogen) atoms. The lowest BCUT2D eigenvalue weighted by Crippen LogP contribution is -2.46. The lowest BCUT2D eigenvalue weighted by atomic mass is 10.2. The molecule has 0 spiro atoms. The molecule has 3 aliphatic heterocycles. The Balaban J connectivity index is 1.12. The Bertz CT molecular complexity index is 830. The number of hydrogen-bond acceptors (Lipinski definition) is 5. The molecule has 1 fully saturated rings. The van der Waals surface area contributed by atoms with E-state index in [-0.39, 0.29) is 0 Å². The van der Waals surface area contributed by atoms with Gasteiger partial charge >= 0.3 is 0 Å². The molecule has 0 aromatic heterocycles. The molecule has 0 saturated carbocycles. The van der Waals surface area contributed by atoms with E-state index in [0.29, 0.717) is 10.0 Å². The van der Waals surface area contributed by atoms with E-state index >= 15 is 0 Å². The van der Waals surface area contributed by atoms with Crippen LogP contribution in [-0.4, -0.2) is 67.8 Å². The summed E-state index contributed by atoms with van der Waals surface area (Å²) < 4.78 is 5.32. The maximum absolute atomic E-state index is 6.38. The van der Waals surface area contributed by atoms with Gasteiger partial charge in [-0.25, -0.2) is 5.01 Å². The van der Waals surface area contributed by atoms with Crippen LogP contribution in [-0.2, 0) is 4.74 Å².